The van der Waals surface area contributed by atoms with E-state index in [-0.39, 0.29) is 6.61 Å². The lowest BCUT2D eigenvalue weighted by Crippen LogP contribution is -2.04. The lowest BCUT2D eigenvalue weighted by molar-refractivity contribution is 0.282. The maximum absolute atomic E-state index is 9.54. The Labute approximate surface area is 136 Å². The van der Waals surface area contributed by atoms with Crippen LogP contribution < -0.4 is 5.32 Å². The highest BCUT2D eigenvalue weighted by Crippen LogP contribution is 2.27. The third kappa shape index (κ3) is 2.82. The number of nitrogens with one attached hydrogen (secondary N) is 1. The summed E-state index contributed by atoms with van der Waals surface area (Å²) in [6.45, 7) is 7.04. The molecule has 3 rings (SSSR count). The van der Waals surface area contributed by atoms with Crippen LogP contribution in [-0.2, 0) is 20.2 Å². The minimum absolute atomic E-state index is 0.0260. The number of anilines is 1. The zero-order valence-corrected chi connectivity index (χ0v) is 14.1. The Hall–Kier alpha value is -2.33. The molecule has 0 amide bonds. The Morgan fingerprint density at radius 3 is 2.48 bits per heavy atom. The maximum Gasteiger partial charge on any atom is 0.112 e. The normalized spacial score (nSPS) is 11.2. The van der Waals surface area contributed by atoms with Crippen molar-refractivity contribution in [2.45, 2.75) is 33.9 Å². The van der Waals surface area contributed by atoms with E-state index in [0.717, 1.165) is 34.7 Å². The number of nitrogens with zero attached hydrogens (tertiary/aromatic N) is 2. The number of benzene rings is 2. The van der Waals surface area contributed by atoms with Gasteiger partial charge in [-0.25, -0.2) is 4.98 Å². The Balaban J connectivity index is 2.01. The molecule has 3 aromatic rings. The second kappa shape index (κ2) is 6.05. The smallest absolute Gasteiger partial charge is 0.112 e. The van der Waals surface area contributed by atoms with Crippen molar-refractivity contribution in [3.8, 4) is 0 Å². The van der Waals surface area contributed by atoms with Gasteiger partial charge in [-0.15, -0.1) is 0 Å². The maximum atomic E-state index is 9.54. The van der Waals surface area contributed by atoms with Gasteiger partial charge in [-0.3, -0.25) is 0 Å². The summed E-state index contributed by atoms with van der Waals surface area (Å²) in [4.78, 5) is 4.66. The summed E-state index contributed by atoms with van der Waals surface area (Å²) in [6, 6.07) is 10.3. The summed E-state index contributed by atoms with van der Waals surface area (Å²) in [6.07, 6.45) is 0. The topological polar surface area (TPSA) is 50.1 Å². The first-order valence-corrected chi connectivity index (χ1v) is 7.87. The number of rotatable bonds is 4. The van der Waals surface area contributed by atoms with Crippen molar-refractivity contribution in [3.63, 3.8) is 0 Å². The molecular formula is C19H23N3O. The van der Waals surface area contributed by atoms with Gasteiger partial charge in [0.25, 0.3) is 0 Å². The van der Waals surface area contributed by atoms with Crippen LogP contribution in [0.25, 0.3) is 11.0 Å². The third-order valence-corrected chi connectivity index (χ3v) is 4.55. The first-order chi connectivity index (χ1) is 11.0. The number of aliphatic hydroxyl groups is 1. The molecule has 0 bridgehead atoms. The highest BCUT2D eigenvalue weighted by Gasteiger charge is 2.11. The number of aryl methyl sites for hydroxylation is 4. The summed E-state index contributed by atoms with van der Waals surface area (Å²) in [5.41, 5.74) is 7.73. The largest absolute Gasteiger partial charge is 0.392 e. The summed E-state index contributed by atoms with van der Waals surface area (Å²) in [5, 5.41) is 13.0. The van der Waals surface area contributed by atoms with Crippen molar-refractivity contribution in [1.29, 1.82) is 0 Å². The van der Waals surface area contributed by atoms with Crippen LogP contribution in [0.5, 0.6) is 0 Å². The van der Waals surface area contributed by atoms with Crippen LogP contribution in [-0.4, -0.2) is 14.7 Å². The highest BCUT2D eigenvalue weighted by atomic mass is 16.3. The SMILES string of the molecule is Cc1cccc(C)c1CNc1cc(CO)cc2c1nc(C)n2C. The van der Waals surface area contributed by atoms with Crippen LogP contribution in [0.4, 0.5) is 5.69 Å². The zero-order valence-electron chi connectivity index (χ0n) is 14.1. The van der Waals surface area contributed by atoms with Gasteiger partial charge in [0.2, 0.25) is 0 Å². The fourth-order valence-corrected chi connectivity index (χ4v) is 3.00. The van der Waals surface area contributed by atoms with Gasteiger partial charge in [-0.1, -0.05) is 18.2 Å². The number of aromatic nitrogens is 2. The second-order valence-corrected chi connectivity index (χ2v) is 6.11. The van der Waals surface area contributed by atoms with Crippen molar-refractivity contribution < 1.29 is 5.11 Å². The Kier molecular flexibility index (Phi) is 4.09. The molecule has 0 saturated heterocycles. The van der Waals surface area contributed by atoms with Crippen LogP contribution in [0, 0.1) is 20.8 Å². The van der Waals surface area contributed by atoms with Gasteiger partial charge in [-0.05, 0) is 55.2 Å². The van der Waals surface area contributed by atoms with Gasteiger partial charge in [-0.2, -0.15) is 0 Å². The molecule has 1 aromatic heterocycles. The van der Waals surface area contributed by atoms with E-state index in [0.29, 0.717) is 0 Å². The van der Waals surface area contributed by atoms with Gasteiger partial charge in [0.1, 0.15) is 11.3 Å². The van der Waals surface area contributed by atoms with Crippen LogP contribution in [0.1, 0.15) is 28.1 Å². The van der Waals surface area contributed by atoms with Crippen molar-refractivity contribution in [2.75, 3.05) is 5.32 Å². The van der Waals surface area contributed by atoms with E-state index in [4.69, 9.17) is 0 Å². The van der Waals surface area contributed by atoms with Gasteiger partial charge in [0, 0.05) is 13.6 Å². The van der Waals surface area contributed by atoms with Crippen LogP contribution in [0.2, 0.25) is 0 Å². The lowest BCUT2D eigenvalue weighted by atomic mass is 10.0. The van der Waals surface area contributed by atoms with E-state index in [9.17, 15) is 5.11 Å². The predicted molar refractivity (Wildman–Crippen MR) is 94.6 cm³/mol. The summed E-state index contributed by atoms with van der Waals surface area (Å²) in [5.74, 6) is 0.963. The predicted octanol–water partition coefficient (Wildman–Crippen LogP) is 3.60. The molecule has 0 saturated carbocycles. The molecule has 2 aromatic carbocycles. The molecule has 1 heterocycles. The summed E-state index contributed by atoms with van der Waals surface area (Å²) in [7, 11) is 2.00. The second-order valence-electron chi connectivity index (χ2n) is 6.11. The van der Waals surface area contributed by atoms with Crippen molar-refractivity contribution >= 4 is 16.7 Å². The molecule has 23 heavy (non-hydrogen) atoms. The fourth-order valence-electron chi connectivity index (χ4n) is 3.00. The number of hydrogen-bond acceptors (Lipinski definition) is 3. The van der Waals surface area contributed by atoms with E-state index < -0.39 is 0 Å². The van der Waals surface area contributed by atoms with Crippen molar-refractivity contribution in [3.05, 3.63) is 58.4 Å². The Morgan fingerprint density at radius 2 is 1.83 bits per heavy atom. The Bertz CT molecular complexity index is 844. The summed E-state index contributed by atoms with van der Waals surface area (Å²) >= 11 is 0. The molecule has 120 valence electrons. The molecule has 0 fully saturated rings. The molecule has 2 N–H and O–H groups in total. The van der Waals surface area contributed by atoms with Gasteiger partial charge in [0.05, 0.1) is 17.8 Å². The molecule has 0 aliphatic heterocycles. The average Bonchev–Trinajstić information content (AvgIpc) is 2.82. The molecular weight excluding hydrogens is 286 g/mol. The number of imidazole rings is 1. The van der Waals surface area contributed by atoms with Crippen molar-refractivity contribution in [1.82, 2.24) is 9.55 Å². The quantitative estimate of drug-likeness (QED) is 0.774. The minimum Gasteiger partial charge on any atom is -0.392 e. The lowest BCUT2D eigenvalue weighted by Gasteiger charge is -2.13. The number of hydrogen-bond donors (Lipinski definition) is 2. The molecule has 4 heteroatoms. The molecule has 0 atom stereocenters. The van der Waals surface area contributed by atoms with Gasteiger partial charge >= 0.3 is 0 Å². The van der Waals surface area contributed by atoms with E-state index in [1.807, 2.05) is 26.1 Å². The van der Waals surface area contributed by atoms with E-state index in [1.54, 1.807) is 0 Å². The molecule has 0 aliphatic rings. The van der Waals surface area contributed by atoms with Crippen LogP contribution in [0.3, 0.4) is 0 Å². The fraction of sp³-hybridized carbons (Fsp3) is 0.316. The molecule has 0 unspecified atom stereocenters. The third-order valence-electron chi connectivity index (χ3n) is 4.55. The van der Waals surface area contributed by atoms with Crippen LogP contribution in [0.15, 0.2) is 30.3 Å². The minimum atomic E-state index is 0.0260. The van der Waals surface area contributed by atoms with Crippen LogP contribution >= 0.6 is 0 Å². The first kappa shape index (κ1) is 15.6. The molecule has 0 spiro atoms. The first-order valence-electron chi connectivity index (χ1n) is 7.87. The highest BCUT2D eigenvalue weighted by molar-refractivity contribution is 5.89. The van der Waals surface area contributed by atoms with E-state index in [1.165, 1.54) is 16.7 Å². The number of fused-ring (bicyclic) bond motifs is 1. The Morgan fingerprint density at radius 1 is 1.13 bits per heavy atom. The summed E-state index contributed by atoms with van der Waals surface area (Å²) < 4.78 is 2.05. The number of aliphatic hydroxyl groups excluding tert-OH is 1. The van der Waals surface area contributed by atoms with Gasteiger partial charge < -0.3 is 15.0 Å². The molecule has 0 radical (unpaired) electrons. The monoisotopic (exact) mass is 309 g/mol. The van der Waals surface area contributed by atoms with Gasteiger partial charge in [0.15, 0.2) is 0 Å². The zero-order chi connectivity index (χ0) is 16.6. The molecule has 0 aliphatic carbocycles. The average molecular weight is 309 g/mol. The van der Waals surface area contributed by atoms with Crippen molar-refractivity contribution in [2.24, 2.45) is 7.05 Å². The van der Waals surface area contributed by atoms with E-state index in [2.05, 4.69) is 46.9 Å². The molecule has 4 nitrogen and oxygen atoms in total. The standard InChI is InChI=1S/C19H23N3O/c1-12-6-5-7-13(2)16(12)10-20-17-8-15(11-23)9-18-19(17)21-14(3)22(18)4/h5-9,20,23H,10-11H2,1-4H3. The van der Waals surface area contributed by atoms with E-state index >= 15 is 0 Å².